The Morgan fingerprint density at radius 3 is 2.57 bits per heavy atom. The number of benzene rings is 1. The molecule has 0 bridgehead atoms. The van der Waals surface area contributed by atoms with Gasteiger partial charge in [-0.05, 0) is 43.3 Å². The topological polar surface area (TPSA) is 56.7 Å². The number of nitrogens with zero attached hydrogens (tertiary/aromatic N) is 4. The molecular formula is C16H10ClFN4O. The van der Waals surface area contributed by atoms with Gasteiger partial charge in [0.2, 0.25) is 0 Å². The maximum Gasteiger partial charge on any atom is 0.183 e. The molecule has 0 aliphatic carbocycles. The molecule has 4 aromatic rings. The van der Waals surface area contributed by atoms with Gasteiger partial charge in [0, 0.05) is 5.69 Å². The quantitative estimate of drug-likeness (QED) is 0.518. The Hall–Kier alpha value is -2.73. The zero-order valence-electron chi connectivity index (χ0n) is 12.0. The summed E-state index contributed by atoms with van der Waals surface area (Å²) in [6.45, 7) is 1.75. The molecule has 0 radical (unpaired) electrons. The van der Waals surface area contributed by atoms with Crippen LogP contribution in [0.15, 0.2) is 47.1 Å². The maximum atomic E-state index is 13.3. The van der Waals surface area contributed by atoms with E-state index in [0.29, 0.717) is 34.3 Å². The summed E-state index contributed by atoms with van der Waals surface area (Å²) >= 11 is 6.20. The molecule has 4 rings (SSSR count). The molecule has 0 saturated carbocycles. The van der Waals surface area contributed by atoms with Crippen LogP contribution in [0.25, 0.3) is 28.4 Å². The highest BCUT2D eigenvalue weighted by molar-refractivity contribution is 6.33. The van der Waals surface area contributed by atoms with Gasteiger partial charge >= 0.3 is 0 Å². The number of halogens is 2. The lowest BCUT2D eigenvalue weighted by molar-refractivity contribution is 0.576. The van der Waals surface area contributed by atoms with Gasteiger partial charge in [0.1, 0.15) is 17.2 Å². The van der Waals surface area contributed by atoms with Crippen LogP contribution < -0.4 is 0 Å². The molecule has 3 aromatic heterocycles. The van der Waals surface area contributed by atoms with Crippen LogP contribution in [0.3, 0.4) is 0 Å². The summed E-state index contributed by atoms with van der Waals surface area (Å²) in [4.78, 5) is 13.1. The SMILES string of the molecule is Cc1nc(Cl)c2nc(-c3ccco3)n(-c3ccc(F)cc3)c2n1. The summed E-state index contributed by atoms with van der Waals surface area (Å²) in [5.41, 5.74) is 1.71. The lowest BCUT2D eigenvalue weighted by atomic mass is 10.3. The molecule has 0 saturated heterocycles. The van der Waals surface area contributed by atoms with Crippen LogP contribution in [0.1, 0.15) is 5.82 Å². The number of imidazole rings is 1. The molecule has 0 aliphatic rings. The van der Waals surface area contributed by atoms with Crippen molar-refractivity contribution in [2.75, 3.05) is 0 Å². The van der Waals surface area contributed by atoms with E-state index in [2.05, 4.69) is 15.0 Å². The highest BCUT2D eigenvalue weighted by atomic mass is 35.5. The first-order valence-corrected chi connectivity index (χ1v) is 7.23. The Balaban J connectivity index is 2.10. The number of aromatic nitrogens is 4. The normalized spacial score (nSPS) is 11.3. The van der Waals surface area contributed by atoms with Gasteiger partial charge in [0.15, 0.2) is 22.4 Å². The molecule has 0 aliphatic heterocycles. The van der Waals surface area contributed by atoms with E-state index in [9.17, 15) is 4.39 Å². The van der Waals surface area contributed by atoms with Crippen LogP contribution in [-0.2, 0) is 0 Å². The van der Waals surface area contributed by atoms with E-state index >= 15 is 0 Å². The van der Waals surface area contributed by atoms with Gasteiger partial charge in [-0.25, -0.2) is 19.3 Å². The van der Waals surface area contributed by atoms with Crippen LogP contribution in [0, 0.1) is 12.7 Å². The molecule has 0 unspecified atom stereocenters. The van der Waals surface area contributed by atoms with Crippen LogP contribution in [0.2, 0.25) is 5.15 Å². The number of furan rings is 1. The first-order valence-electron chi connectivity index (χ1n) is 6.86. The number of fused-ring (bicyclic) bond motifs is 1. The van der Waals surface area contributed by atoms with Gasteiger partial charge in [-0.2, -0.15) is 0 Å². The minimum absolute atomic E-state index is 0.265. The zero-order chi connectivity index (χ0) is 16.0. The highest BCUT2D eigenvalue weighted by Crippen LogP contribution is 2.30. The van der Waals surface area contributed by atoms with Gasteiger partial charge in [-0.1, -0.05) is 11.6 Å². The molecule has 3 heterocycles. The summed E-state index contributed by atoms with van der Waals surface area (Å²) in [5, 5.41) is 0.265. The van der Waals surface area contributed by atoms with Crippen molar-refractivity contribution in [3.8, 4) is 17.3 Å². The third-order valence-electron chi connectivity index (χ3n) is 3.40. The Bertz CT molecular complexity index is 993. The number of rotatable bonds is 2. The van der Waals surface area contributed by atoms with Crippen LogP contribution in [0.4, 0.5) is 4.39 Å². The second-order valence-corrected chi connectivity index (χ2v) is 5.32. The van der Waals surface area contributed by atoms with Crippen molar-refractivity contribution in [3.05, 3.63) is 59.5 Å². The Kier molecular flexibility index (Phi) is 3.12. The molecular weight excluding hydrogens is 319 g/mol. The average Bonchev–Trinajstić information content (AvgIpc) is 3.15. The van der Waals surface area contributed by atoms with E-state index in [1.54, 1.807) is 42.0 Å². The Labute approximate surface area is 135 Å². The number of hydrogen-bond acceptors (Lipinski definition) is 4. The van der Waals surface area contributed by atoms with Crippen molar-refractivity contribution in [2.45, 2.75) is 6.92 Å². The van der Waals surface area contributed by atoms with Crippen molar-refractivity contribution < 1.29 is 8.81 Å². The predicted octanol–water partition coefficient (Wildman–Crippen LogP) is 4.18. The van der Waals surface area contributed by atoms with E-state index in [-0.39, 0.29) is 11.0 Å². The molecule has 0 amide bonds. The monoisotopic (exact) mass is 328 g/mol. The summed E-state index contributed by atoms with van der Waals surface area (Å²) in [7, 11) is 0. The van der Waals surface area contributed by atoms with Crippen LogP contribution in [-0.4, -0.2) is 19.5 Å². The number of aryl methyl sites for hydroxylation is 1. The van der Waals surface area contributed by atoms with Gasteiger partial charge in [-0.15, -0.1) is 0 Å². The molecule has 7 heteroatoms. The lowest BCUT2D eigenvalue weighted by Gasteiger charge is -2.07. The number of hydrogen-bond donors (Lipinski definition) is 0. The summed E-state index contributed by atoms with van der Waals surface area (Å²) in [6.07, 6.45) is 1.56. The fourth-order valence-electron chi connectivity index (χ4n) is 2.43. The minimum atomic E-state index is -0.318. The van der Waals surface area contributed by atoms with Crippen molar-refractivity contribution in [1.29, 1.82) is 0 Å². The molecule has 1 aromatic carbocycles. The van der Waals surface area contributed by atoms with E-state index in [1.165, 1.54) is 12.1 Å². The molecule has 0 fully saturated rings. The average molecular weight is 329 g/mol. The van der Waals surface area contributed by atoms with Crippen LogP contribution >= 0.6 is 11.6 Å². The van der Waals surface area contributed by atoms with Gasteiger partial charge in [-0.3, -0.25) is 4.57 Å². The van der Waals surface area contributed by atoms with Gasteiger partial charge < -0.3 is 4.42 Å². The largest absolute Gasteiger partial charge is 0.461 e. The fourth-order valence-corrected chi connectivity index (χ4v) is 2.68. The van der Waals surface area contributed by atoms with E-state index in [1.807, 2.05) is 0 Å². The van der Waals surface area contributed by atoms with Crippen molar-refractivity contribution >= 4 is 22.8 Å². The summed E-state index contributed by atoms with van der Waals surface area (Å²) in [5.74, 6) is 1.29. The fraction of sp³-hybridized carbons (Fsp3) is 0.0625. The summed E-state index contributed by atoms with van der Waals surface area (Å²) < 4.78 is 20.5. The van der Waals surface area contributed by atoms with Crippen molar-refractivity contribution in [2.24, 2.45) is 0 Å². The first-order chi connectivity index (χ1) is 11.1. The molecule has 5 nitrogen and oxygen atoms in total. The van der Waals surface area contributed by atoms with E-state index in [0.717, 1.165) is 0 Å². The molecule has 0 atom stereocenters. The molecule has 0 spiro atoms. The highest BCUT2D eigenvalue weighted by Gasteiger charge is 2.20. The minimum Gasteiger partial charge on any atom is -0.461 e. The maximum absolute atomic E-state index is 13.3. The smallest absolute Gasteiger partial charge is 0.183 e. The molecule has 23 heavy (non-hydrogen) atoms. The van der Waals surface area contributed by atoms with Gasteiger partial charge in [0.25, 0.3) is 0 Å². The zero-order valence-corrected chi connectivity index (χ0v) is 12.8. The van der Waals surface area contributed by atoms with Crippen molar-refractivity contribution in [3.63, 3.8) is 0 Å². The van der Waals surface area contributed by atoms with E-state index < -0.39 is 0 Å². The molecule has 114 valence electrons. The third-order valence-corrected chi connectivity index (χ3v) is 3.67. The standard InChI is InChI=1S/C16H10ClFN4O/c1-9-19-14(17)13-16(20-9)22(11-6-4-10(18)5-7-11)15(21-13)12-3-2-8-23-12/h2-8H,1H3. The van der Waals surface area contributed by atoms with Crippen molar-refractivity contribution in [1.82, 2.24) is 19.5 Å². The Morgan fingerprint density at radius 2 is 1.87 bits per heavy atom. The Morgan fingerprint density at radius 1 is 1.09 bits per heavy atom. The summed E-state index contributed by atoms with van der Waals surface area (Å²) in [6, 6.07) is 9.60. The third kappa shape index (κ3) is 2.27. The van der Waals surface area contributed by atoms with Crippen LogP contribution in [0.5, 0.6) is 0 Å². The van der Waals surface area contributed by atoms with E-state index in [4.69, 9.17) is 16.0 Å². The lowest BCUT2D eigenvalue weighted by Crippen LogP contribution is -2.00. The second kappa shape index (κ2) is 5.17. The second-order valence-electron chi connectivity index (χ2n) is 4.96. The molecule has 0 N–H and O–H groups in total. The first kappa shape index (κ1) is 13.9. The predicted molar refractivity (Wildman–Crippen MR) is 84.1 cm³/mol. The van der Waals surface area contributed by atoms with Gasteiger partial charge in [0.05, 0.1) is 6.26 Å².